The molecule has 0 amide bonds. The van der Waals surface area contributed by atoms with Crippen molar-refractivity contribution in [3.8, 4) is 0 Å². The number of hydrogen-bond donors (Lipinski definition) is 0. The van der Waals surface area contributed by atoms with E-state index < -0.39 is 6.07 Å². The van der Waals surface area contributed by atoms with Crippen LogP contribution in [0.2, 0.25) is 0 Å². The van der Waals surface area contributed by atoms with E-state index in [1.54, 1.807) is 0 Å². The molecule has 0 saturated carbocycles. The molecule has 0 aromatic heterocycles. The third-order valence-electron chi connectivity index (χ3n) is 0. The van der Waals surface area contributed by atoms with Gasteiger partial charge in [-0.1, -0.05) is 6.07 Å². The minimum absolute atomic E-state index is 0. The van der Waals surface area contributed by atoms with Crippen molar-refractivity contribution in [1.29, 1.82) is 0 Å². The van der Waals surface area contributed by atoms with Crippen LogP contribution in [0.25, 0.3) is 0 Å². The van der Waals surface area contributed by atoms with E-state index in [0.717, 1.165) is 0 Å². The van der Waals surface area contributed by atoms with Gasteiger partial charge in [0.05, 0.1) is 0 Å². The van der Waals surface area contributed by atoms with Gasteiger partial charge in [-0.15, -0.1) is 11.6 Å². The van der Waals surface area contributed by atoms with Gasteiger partial charge >= 0.3 is 29.6 Å². The molecule has 0 aliphatic rings. The molecule has 0 atom stereocenters. The van der Waals surface area contributed by atoms with Crippen molar-refractivity contribution in [3.63, 3.8) is 0 Å². The fourth-order valence-corrected chi connectivity index (χ4v) is 0. The smallest absolute Gasteiger partial charge is 0.843 e. The fraction of sp³-hybridized carbons (Fsp3) is 1.00. The minimum Gasteiger partial charge on any atom is -0.843 e. The predicted octanol–water partition coefficient (Wildman–Crippen LogP) is -3.45. The van der Waals surface area contributed by atoms with Gasteiger partial charge in [-0.05, 0) is 0 Å². The van der Waals surface area contributed by atoms with Crippen LogP contribution < -0.4 is 34.7 Å². The van der Waals surface area contributed by atoms with Gasteiger partial charge in [0.1, 0.15) is 0 Å². The van der Waals surface area contributed by atoms with Gasteiger partial charge in [-0.25, -0.2) is 0 Å². The summed E-state index contributed by atoms with van der Waals surface area (Å²) in [5.41, 5.74) is 0. The second-order valence-corrected chi connectivity index (χ2v) is 0.327. The summed E-state index contributed by atoms with van der Waals surface area (Å²) >= 11 is 4.44. The van der Waals surface area contributed by atoms with Crippen molar-refractivity contribution in [1.82, 2.24) is 0 Å². The van der Waals surface area contributed by atoms with Crippen LogP contribution in [0.4, 0.5) is 0 Å². The minimum atomic E-state index is -0.528. The number of hydrogen-bond acceptors (Lipinski definition) is 1. The standard InChI is InChI=1S/CH2ClO.Na/c2-1-3;/h1H2;/q-1;+1. The summed E-state index contributed by atoms with van der Waals surface area (Å²) in [4.78, 5) is 0. The zero-order valence-corrected chi connectivity index (χ0v) is 5.25. The van der Waals surface area contributed by atoms with Crippen molar-refractivity contribution in [2.45, 2.75) is 0 Å². The van der Waals surface area contributed by atoms with Crippen molar-refractivity contribution < 1.29 is 34.7 Å². The number of alkyl halides is 1. The van der Waals surface area contributed by atoms with Crippen LogP contribution in [-0.2, 0) is 0 Å². The molecule has 0 fully saturated rings. The normalized spacial score (nSPS) is 4.50. The van der Waals surface area contributed by atoms with Gasteiger partial charge in [0.25, 0.3) is 0 Å². The average Bonchev–Trinajstić information content (AvgIpc) is 0.918. The summed E-state index contributed by atoms with van der Waals surface area (Å²) in [5.74, 6) is 0. The quantitative estimate of drug-likeness (QED) is 0.223. The molecule has 0 aromatic rings. The van der Waals surface area contributed by atoms with Crippen molar-refractivity contribution >= 4 is 11.6 Å². The zero-order chi connectivity index (χ0) is 2.71. The first kappa shape index (κ1) is 8.98. The van der Waals surface area contributed by atoms with Gasteiger partial charge in [0.15, 0.2) is 0 Å². The van der Waals surface area contributed by atoms with E-state index in [-0.39, 0.29) is 29.6 Å². The SMILES string of the molecule is [Na+].[O-]CCl. The molecule has 0 aromatic carbocycles. The Kier molecular flexibility index (Phi) is 19.9. The van der Waals surface area contributed by atoms with E-state index in [1.807, 2.05) is 0 Å². The second kappa shape index (κ2) is 8.87. The summed E-state index contributed by atoms with van der Waals surface area (Å²) in [6, 6.07) is -0.528. The van der Waals surface area contributed by atoms with Gasteiger partial charge in [-0.3, -0.25) is 0 Å². The Morgan fingerprint density at radius 2 is 1.75 bits per heavy atom. The molecule has 0 bridgehead atoms. The summed E-state index contributed by atoms with van der Waals surface area (Å²) < 4.78 is 0. The maximum atomic E-state index is 8.70. The first-order valence-corrected chi connectivity index (χ1v) is 1.09. The van der Waals surface area contributed by atoms with Crippen LogP contribution in [0.15, 0.2) is 0 Å². The van der Waals surface area contributed by atoms with E-state index in [4.69, 9.17) is 5.11 Å². The van der Waals surface area contributed by atoms with E-state index in [0.29, 0.717) is 0 Å². The number of rotatable bonds is 0. The van der Waals surface area contributed by atoms with E-state index in [1.165, 1.54) is 0 Å². The largest absolute Gasteiger partial charge is 1.00 e. The Labute approximate surface area is 52.3 Å². The summed E-state index contributed by atoms with van der Waals surface area (Å²) in [6.45, 7) is 0. The third-order valence-corrected chi connectivity index (χ3v) is 0. The van der Waals surface area contributed by atoms with Crippen molar-refractivity contribution in [2.75, 3.05) is 6.07 Å². The zero-order valence-electron chi connectivity index (χ0n) is 2.49. The topological polar surface area (TPSA) is 23.1 Å². The second-order valence-electron chi connectivity index (χ2n) is 0.109. The van der Waals surface area contributed by atoms with Crippen LogP contribution in [0, 0.1) is 0 Å². The molecule has 1 nitrogen and oxygen atoms in total. The summed E-state index contributed by atoms with van der Waals surface area (Å²) in [6.07, 6.45) is 0. The molecular formula is CH2ClNaO. The monoisotopic (exact) mass is 88.0 g/mol. The molecule has 0 N–H and O–H groups in total. The maximum Gasteiger partial charge on any atom is 1.00 e. The Hall–Kier alpha value is 1.25. The molecule has 0 heterocycles. The molecule has 3 heteroatoms. The third kappa shape index (κ3) is 10.5. The Balaban J connectivity index is 0. The summed E-state index contributed by atoms with van der Waals surface area (Å²) in [7, 11) is 0. The molecule has 0 unspecified atom stereocenters. The van der Waals surface area contributed by atoms with Crippen molar-refractivity contribution in [2.24, 2.45) is 0 Å². The molecule has 20 valence electrons. The Morgan fingerprint density at radius 3 is 1.75 bits per heavy atom. The fourth-order valence-electron chi connectivity index (χ4n) is 0. The van der Waals surface area contributed by atoms with E-state index >= 15 is 0 Å². The van der Waals surface area contributed by atoms with Crippen LogP contribution in [0.3, 0.4) is 0 Å². The van der Waals surface area contributed by atoms with Gasteiger partial charge in [0, 0.05) is 0 Å². The van der Waals surface area contributed by atoms with Gasteiger partial charge in [0.2, 0.25) is 0 Å². The Bertz CT molecular complexity index is 8.00. The van der Waals surface area contributed by atoms with Crippen LogP contribution >= 0.6 is 11.6 Å². The molecule has 4 heavy (non-hydrogen) atoms. The van der Waals surface area contributed by atoms with Crippen molar-refractivity contribution in [3.05, 3.63) is 0 Å². The molecule has 0 aliphatic carbocycles. The molecule has 0 radical (unpaired) electrons. The predicted molar refractivity (Wildman–Crippen MR) is 10.7 cm³/mol. The van der Waals surface area contributed by atoms with Gasteiger partial charge < -0.3 is 5.11 Å². The molecule has 0 aliphatic heterocycles. The first-order valence-electron chi connectivity index (χ1n) is 0.556. The Morgan fingerprint density at radius 1 is 1.75 bits per heavy atom. The van der Waals surface area contributed by atoms with Crippen LogP contribution in [-0.4, -0.2) is 6.07 Å². The van der Waals surface area contributed by atoms with Gasteiger partial charge in [-0.2, -0.15) is 0 Å². The summed E-state index contributed by atoms with van der Waals surface area (Å²) in [5, 5.41) is 8.70. The maximum absolute atomic E-state index is 8.70. The van der Waals surface area contributed by atoms with Crippen LogP contribution in [0.5, 0.6) is 0 Å². The average molecular weight is 88.5 g/mol. The first-order chi connectivity index (χ1) is 1.41. The molecule has 0 rings (SSSR count). The van der Waals surface area contributed by atoms with E-state index in [9.17, 15) is 0 Å². The number of halogens is 1. The molecular weight excluding hydrogens is 86.5 g/mol. The molecule has 0 spiro atoms. The van der Waals surface area contributed by atoms with E-state index in [2.05, 4.69) is 11.6 Å². The molecule has 0 saturated heterocycles. The van der Waals surface area contributed by atoms with Crippen LogP contribution in [0.1, 0.15) is 0 Å².